The van der Waals surface area contributed by atoms with Gasteiger partial charge in [0.05, 0.1) is 35.5 Å². The van der Waals surface area contributed by atoms with Crippen molar-refractivity contribution in [3.05, 3.63) is 160 Å². The number of hydrogen-bond acceptors (Lipinski definition) is 10. The second kappa shape index (κ2) is 21.5. The lowest BCUT2D eigenvalue weighted by Gasteiger charge is -2.36. The molecular weight excluding hydrogens is 836 g/mol. The van der Waals surface area contributed by atoms with Gasteiger partial charge in [-0.25, -0.2) is 19.3 Å². The number of fused-ring (bicyclic) bond motifs is 1. The highest BCUT2D eigenvalue weighted by molar-refractivity contribution is 6.02. The van der Waals surface area contributed by atoms with E-state index < -0.39 is 23.7 Å². The maximum absolute atomic E-state index is 15.1. The molecule has 0 radical (unpaired) electrons. The number of amides is 5. The number of nitrogens with zero attached hydrogens (tertiary/aromatic N) is 5. The Hall–Kier alpha value is -7.79. The number of carbonyl (C=O) groups is 5. The Morgan fingerprint density at radius 3 is 2.23 bits per heavy atom. The number of aromatic nitrogens is 3. The second-order valence-electron chi connectivity index (χ2n) is 15.2. The van der Waals surface area contributed by atoms with Crippen LogP contribution in [0.1, 0.15) is 44.6 Å². The van der Waals surface area contributed by atoms with Crippen LogP contribution in [0.2, 0.25) is 0 Å². The minimum Gasteiger partial charge on any atom is -0.445 e. The normalized spacial score (nSPS) is 12.4. The van der Waals surface area contributed by atoms with Crippen LogP contribution in [0.5, 0.6) is 0 Å². The standard InChI is InChI=1S/C48H47FN8O8/c1-32(58)52-42-28-36(35-12-6-3-7-13-35)29-51-44(42)46(61)50-18-24-64-25-23-57(48(63)65-31-33-10-4-2-5-11-33)30-43(59)55-19-21-56(22-20-55)47(62)39-26-34(16-17-40(39)49)27-41-37-14-8-9-15-38(37)45(60)54-53-41/h2-17,26,28-29H,18-25,27,30-31H2,1H3,(H,50,61)(H,52,58)(H,54,60). The summed E-state index contributed by atoms with van der Waals surface area (Å²) in [6.07, 6.45) is 1.07. The van der Waals surface area contributed by atoms with E-state index in [0.29, 0.717) is 22.0 Å². The molecule has 0 spiro atoms. The topological polar surface area (TPSA) is 196 Å². The number of anilines is 1. The largest absolute Gasteiger partial charge is 0.445 e. The molecule has 16 nitrogen and oxygen atoms in total. The van der Waals surface area contributed by atoms with Crippen LogP contribution in [0.4, 0.5) is 14.9 Å². The van der Waals surface area contributed by atoms with Crippen LogP contribution in [-0.2, 0) is 32.1 Å². The molecule has 0 unspecified atom stereocenters. The van der Waals surface area contributed by atoms with Gasteiger partial charge in [-0.05, 0) is 41.0 Å². The monoisotopic (exact) mass is 882 g/mol. The summed E-state index contributed by atoms with van der Waals surface area (Å²) in [7, 11) is 0. The van der Waals surface area contributed by atoms with Gasteiger partial charge in [-0.15, -0.1) is 0 Å². The lowest BCUT2D eigenvalue weighted by atomic mass is 10.0. The van der Waals surface area contributed by atoms with Crippen LogP contribution in [0.25, 0.3) is 21.9 Å². The zero-order chi connectivity index (χ0) is 45.7. The predicted octanol–water partition coefficient (Wildman–Crippen LogP) is 5.04. The number of aromatic amines is 1. The van der Waals surface area contributed by atoms with Crippen molar-refractivity contribution < 1.29 is 37.8 Å². The number of H-pyrrole nitrogens is 1. The summed E-state index contributed by atoms with van der Waals surface area (Å²) in [6.45, 7) is 1.69. The molecule has 65 heavy (non-hydrogen) atoms. The Balaban J connectivity index is 0.919. The molecule has 17 heteroatoms. The third kappa shape index (κ3) is 11.8. The Labute approximate surface area is 373 Å². The second-order valence-corrected chi connectivity index (χ2v) is 15.2. The van der Waals surface area contributed by atoms with E-state index in [4.69, 9.17) is 9.47 Å². The van der Waals surface area contributed by atoms with E-state index in [1.54, 1.807) is 54.7 Å². The molecule has 1 aliphatic rings. The maximum atomic E-state index is 15.1. The number of benzene rings is 4. The number of rotatable bonds is 16. The third-order valence-corrected chi connectivity index (χ3v) is 10.7. The summed E-state index contributed by atoms with van der Waals surface area (Å²) in [5.74, 6) is -2.48. The Bertz CT molecular complexity index is 2730. The first kappa shape index (κ1) is 45.2. The molecule has 0 aliphatic carbocycles. The molecule has 2 aromatic heterocycles. The van der Waals surface area contributed by atoms with Crippen LogP contribution in [-0.4, -0.2) is 119 Å². The van der Waals surface area contributed by atoms with Gasteiger partial charge >= 0.3 is 6.09 Å². The lowest BCUT2D eigenvalue weighted by molar-refractivity contribution is -0.133. The summed E-state index contributed by atoms with van der Waals surface area (Å²) in [6, 6.07) is 31.5. The molecule has 334 valence electrons. The van der Waals surface area contributed by atoms with Crippen LogP contribution >= 0.6 is 0 Å². The zero-order valence-corrected chi connectivity index (χ0v) is 35.6. The molecule has 5 amide bonds. The van der Waals surface area contributed by atoms with Crippen molar-refractivity contribution >= 4 is 46.2 Å². The molecule has 0 bridgehead atoms. The summed E-state index contributed by atoms with van der Waals surface area (Å²) in [5.41, 5.74) is 3.39. The van der Waals surface area contributed by atoms with E-state index in [2.05, 4.69) is 25.8 Å². The highest BCUT2D eigenvalue weighted by atomic mass is 19.1. The average Bonchev–Trinajstić information content (AvgIpc) is 3.33. The van der Waals surface area contributed by atoms with Gasteiger partial charge in [0.1, 0.15) is 19.0 Å². The first-order valence-electron chi connectivity index (χ1n) is 21.0. The predicted molar refractivity (Wildman–Crippen MR) is 239 cm³/mol. The molecule has 3 heterocycles. The molecule has 4 aromatic carbocycles. The zero-order valence-electron chi connectivity index (χ0n) is 35.6. The number of pyridine rings is 1. The van der Waals surface area contributed by atoms with Gasteiger partial charge in [0.25, 0.3) is 17.4 Å². The summed E-state index contributed by atoms with van der Waals surface area (Å²) in [5, 5.41) is 13.2. The number of ether oxygens (including phenoxy) is 2. The lowest BCUT2D eigenvalue weighted by Crippen LogP contribution is -2.53. The minimum atomic E-state index is -0.733. The highest BCUT2D eigenvalue weighted by Gasteiger charge is 2.29. The van der Waals surface area contributed by atoms with Crippen molar-refractivity contribution in [2.45, 2.75) is 20.0 Å². The van der Waals surface area contributed by atoms with Crippen molar-refractivity contribution in [2.24, 2.45) is 0 Å². The molecule has 7 rings (SSSR count). The van der Waals surface area contributed by atoms with Gasteiger partial charge in [0.15, 0.2) is 5.69 Å². The molecule has 0 saturated carbocycles. The van der Waals surface area contributed by atoms with Crippen LogP contribution in [0.3, 0.4) is 0 Å². The summed E-state index contributed by atoms with van der Waals surface area (Å²) >= 11 is 0. The van der Waals surface area contributed by atoms with Gasteiger partial charge in [-0.2, -0.15) is 5.10 Å². The maximum Gasteiger partial charge on any atom is 0.410 e. The highest BCUT2D eigenvalue weighted by Crippen LogP contribution is 2.25. The van der Waals surface area contributed by atoms with Crippen molar-refractivity contribution in [3.8, 4) is 11.1 Å². The Morgan fingerprint density at radius 2 is 1.49 bits per heavy atom. The third-order valence-electron chi connectivity index (χ3n) is 10.7. The van der Waals surface area contributed by atoms with Crippen LogP contribution < -0.4 is 16.2 Å². The smallest absolute Gasteiger partial charge is 0.410 e. The first-order chi connectivity index (χ1) is 31.5. The van der Waals surface area contributed by atoms with E-state index in [1.165, 1.54) is 33.8 Å². The van der Waals surface area contributed by atoms with Gasteiger partial charge < -0.3 is 29.9 Å². The molecule has 0 atom stereocenters. The number of carbonyl (C=O) groups excluding carboxylic acids is 5. The minimum absolute atomic E-state index is 0.00611. The SMILES string of the molecule is CC(=O)Nc1cc(-c2ccccc2)cnc1C(=O)NCCOCCN(CC(=O)N1CCN(C(=O)c2cc(Cc3n[nH]c(=O)c4ccccc34)ccc2F)CC1)C(=O)OCc1ccccc1. The van der Waals surface area contributed by atoms with E-state index in [9.17, 15) is 28.8 Å². The van der Waals surface area contributed by atoms with Gasteiger partial charge in [-0.1, -0.05) is 84.9 Å². The number of nitrogens with one attached hydrogen (secondary N) is 3. The van der Waals surface area contributed by atoms with Crippen molar-refractivity contribution in [3.63, 3.8) is 0 Å². The van der Waals surface area contributed by atoms with Crippen molar-refractivity contribution in [1.29, 1.82) is 0 Å². The quantitative estimate of drug-likeness (QED) is 0.111. The summed E-state index contributed by atoms with van der Waals surface area (Å²) < 4.78 is 26.4. The number of halogens is 1. The molecule has 1 aliphatic heterocycles. The van der Waals surface area contributed by atoms with E-state index in [1.807, 2.05) is 48.5 Å². The molecule has 1 fully saturated rings. The van der Waals surface area contributed by atoms with E-state index in [-0.39, 0.29) is 106 Å². The fourth-order valence-electron chi connectivity index (χ4n) is 7.30. The fourth-order valence-corrected chi connectivity index (χ4v) is 7.30. The van der Waals surface area contributed by atoms with Gasteiger partial charge in [-0.3, -0.25) is 28.9 Å². The Morgan fingerprint density at radius 1 is 0.800 bits per heavy atom. The molecule has 1 saturated heterocycles. The van der Waals surface area contributed by atoms with Crippen molar-refractivity contribution in [2.75, 3.05) is 64.3 Å². The molecular formula is C48H47FN8O8. The fraction of sp³-hybridized carbons (Fsp3) is 0.250. The van der Waals surface area contributed by atoms with Gasteiger partial charge in [0.2, 0.25) is 11.8 Å². The van der Waals surface area contributed by atoms with Gasteiger partial charge in [0, 0.05) is 69.8 Å². The molecule has 3 N–H and O–H groups in total. The summed E-state index contributed by atoms with van der Waals surface area (Å²) in [4.78, 5) is 86.5. The van der Waals surface area contributed by atoms with E-state index in [0.717, 1.165) is 16.7 Å². The van der Waals surface area contributed by atoms with Crippen LogP contribution in [0, 0.1) is 5.82 Å². The average molecular weight is 883 g/mol. The van der Waals surface area contributed by atoms with E-state index >= 15 is 4.39 Å². The number of hydrogen-bond donors (Lipinski definition) is 3. The molecule has 6 aromatic rings. The first-order valence-corrected chi connectivity index (χ1v) is 21.0. The van der Waals surface area contributed by atoms with Crippen LogP contribution in [0.15, 0.2) is 120 Å². The van der Waals surface area contributed by atoms with Crippen molar-refractivity contribution in [1.82, 2.24) is 35.2 Å². The Kier molecular flexibility index (Phi) is 15.0. The number of piperazine rings is 1.